The van der Waals surface area contributed by atoms with Crippen LogP contribution < -0.4 is 34.7 Å². The average molecular weight is 249 g/mol. The Bertz CT molecular complexity index is 254. The molecule has 0 bridgehead atoms. The first-order valence-corrected chi connectivity index (χ1v) is 5.69. The molecule has 0 saturated heterocycles. The zero-order valence-corrected chi connectivity index (χ0v) is 13.1. The fraction of sp³-hybridized carbons (Fsp3) is 0.667. The van der Waals surface area contributed by atoms with Crippen LogP contribution in [0.3, 0.4) is 0 Å². The average Bonchev–Trinajstić information content (AvgIpc) is 2.25. The molecule has 0 unspecified atom stereocenters. The largest absolute Gasteiger partial charge is 1.00 e. The second kappa shape index (κ2) is 12.1. The molecule has 17 heavy (non-hydrogen) atoms. The number of rotatable bonds is 8. The fourth-order valence-corrected chi connectivity index (χ4v) is 1.19. The molecule has 0 aliphatic carbocycles. The van der Waals surface area contributed by atoms with Crippen molar-refractivity contribution in [2.24, 2.45) is 0 Å². The third-order valence-corrected chi connectivity index (χ3v) is 2.26. The Kier molecular flexibility index (Phi) is 13.6. The van der Waals surface area contributed by atoms with Crippen LogP contribution in [0.15, 0.2) is 12.2 Å². The van der Waals surface area contributed by atoms with E-state index in [1.54, 1.807) is 7.05 Å². The molecule has 0 aromatic carbocycles. The molecule has 5 heteroatoms. The number of carbonyl (C=O) groups is 2. The Balaban J connectivity index is 0. The van der Waals surface area contributed by atoms with Gasteiger partial charge in [0.2, 0.25) is 5.91 Å². The number of aliphatic carboxylic acids is 1. The number of carbonyl (C=O) groups excluding carboxylic acids is 2. The Morgan fingerprint density at radius 2 is 1.94 bits per heavy atom. The first-order chi connectivity index (χ1) is 7.57. The Hall–Kier alpha value is -0.320. The van der Waals surface area contributed by atoms with Crippen LogP contribution in [0.5, 0.6) is 0 Å². The smallest absolute Gasteiger partial charge is 0.550 e. The normalized spacial score (nSPS) is 10.0. The molecule has 0 rings (SSSR count). The van der Waals surface area contributed by atoms with Gasteiger partial charge in [-0.25, -0.2) is 0 Å². The van der Waals surface area contributed by atoms with E-state index in [1.807, 2.05) is 6.08 Å². The van der Waals surface area contributed by atoms with E-state index in [4.69, 9.17) is 0 Å². The van der Waals surface area contributed by atoms with Gasteiger partial charge in [-0.3, -0.25) is 4.79 Å². The van der Waals surface area contributed by atoms with Crippen molar-refractivity contribution in [2.75, 3.05) is 13.6 Å². The van der Waals surface area contributed by atoms with Gasteiger partial charge in [0.05, 0.1) is 0 Å². The minimum atomic E-state index is -1.13. The third kappa shape index (κ3) is 11.9. The molecule has 0 spiro atoms. The number of likely N-dealkylation sites (N-methyl/N-ethyl adjacent to an activating group) is 1. The summed E-state index contributed by atoms with van der Waals surface area (Å²) < 4.78 is 0. The van der Waals surface area contributed by atoms with E-state index in [1.165, 1.54) is 17.4 Å². The van der Waals surface area contributed by atoms with E-state index in [0.29, 0.717) is 0 Å². The second-order valence-corrected chi connectivity index (χ2v) is 3.78. The molecular weight excluding hydrogens is 229 g/mol. The Morgan fingerprint density at radius 3 is 2.47 bits per heavy atom. The van der Waals surface area contributed by atoms with E-state index < -0.39 is 5.97 Å². The molecule has 0 radical (unpaired) electrons. The van der Waals surface area contributed by atoms with Gasteiger partial charge in [-0.05, 0) is 18.9 Å². The van der Waals surface area contributed by atoms with E-state index >= 15 is 0 Å². The first-order valence-electron chi connectivity index (χ1n) is 5.69. The summed E-state index contributed by atoms with van der Waals surface area (Å²) in [4.78, 5) is 23.0. The van der Waals surface area contributed by atoms with Crippen LogP contribution in [0, 0.1) is 0 Å². The summed E-state index contributed by atoms with van der Waals surface area (Å²) in [5.74, 6) is -1.29. The molecule has 92 valence electrons. The third-order valence-electron chi connectivity index (χ3n) is 2.26. The molecule has 4 nitrogen and oxygen atoms in total. The van der Waals surface area contributed by atoms with Crippen LogP contribution in [0.2, 0.25) is 0 Å². The number of carboxylic acid groups (broad SMARTS) is 1. The molecule has 1 amide bonds. The van der Waals surface area contributed by atoms with Gasteiger partial charge in [0.15, 0.2) is 0 Å². The number of carboxylic acids is 1. The molecule has 0 atom stereocenters. The van der Waals surface area contributed by atoms with Crippen molar-refractivity contribution in [1.29, 1.82) is 0 Å². The van der Waals surface area contributed by atoms with Crippen molar-refractivity contribution < 1.29 is 44.3 Å². The van der Waals surface area contributed by atoms with Crippen molar-refractivity contribution in [3.8, 4) is 0 Å². The molecule has 0 aromatic heterocycles. The van der Waals surface area contributed by atoms with E-state index in [0.717, 1.165) is 19.3 Å². The van der Waals surface area contributed by atoms with Gasteiger partial charge in [0, 0.05) is 26.0 Å². The van der Waals surface area contributed by atoms with E-state index in [2.05, 4.69) is 6.92 Å². The number of hydrogen-bond donors (Lipinski definition) is 0. The standard InChI is InChI=1S/C12H21NO3.Na/c1-3-4-5-6-7-8-11(14)13(2)10-9-12(15)16;/h7-8H,3-6,9-10H2,1-2H3,(H,15,16);/q;+1/p-1/b8-7+;. The van der Waals surface area contributed by atoms with Crippen molar-refractivity contribution in [3.05, 3.63) is 12.2 Å². The Morgan fingerprint density at radius 1 is 1.29 bits per heavy atom. The number of amides is 1. The van der Waals surface area contributed by atoms with Gasteiger partial charge < -0.3 is 14.8 Å². The number of hydrogen-bond acceptors (Lipinski definition) is 3. The molecule has 0 heterocycles. The van der Waals surface area contributed by atoms with Gasteiger partial charge >= 0.3 is 29.6 Å². The summed E-state index contributed by atoms with van der Waals surface area (Å²) in [5.41, 5.74) is 0. The second-order valence-electron chi connectivity index (χ2n) is 3.78. The SMILES string of the molecule is CCCCC/C=C/C(=O)N(C)CCC(=O)[O-].[Na+]. The number of allylic oxidation sites excluding steroid dienone is 1. The van der Waals surface area contributed by atoms with Crippen molar-refractivity contribution in [2.45, 2.75) is 39.0 Å². The van der Waals surface area contributed by atoms with Crippen LogP contribution in [0.1, 0.15) is 39.0 Å². The maximum absolute atomic E-state index is 11.4. The predicted octanol–water partition coefficient (Wildman–Crippen LogP) is -2.27. The number of unbranched alkanes of at least 4 members (excludes halogenated alkanes) is 3. The summed E-state index contributed by atoms with van der Waals surface area (Å²) in [6, 6.07) is 0. The maximum atomic E-state index is 11.4. The van der Waals surface area contributed by atoms with Crippen LogP contribution in [0.4, 0.5) is 0 Å². The summed E-state index contributed by atoms with van der Waals surface area (Å²) in [5, 5.41) is 10.2. The van der Waals surface area contributed by atoms with Crippen molar-refractivity contribution in [3.63, 3.8) is 0 Å². The summed E-state index contributed by atoms with van der Waals surface area (Å²) in [6.07, 6.45) is 7.54. The van der Waals surface area contributed by atoms with Crippen LogP contribution in [-0.4, -0.2) is 30.4 Å². The zero-order chi connectivity index (χ0) is 12.4. The molecule has 0 saturated carbocycles. The molecule has 0 aromatic rings. The predicted molar refractivity (Wildman–Crippen MR) is 60.5 cm³/mol. The van der Waals surface area contributed by atoms with Gasteiger partial charge in [-0.1, -0.05) is 25.8 Å². The van der Waals surface area contributed by atoms with E-state index in [-0.39, 0.29) is 48.4 Å². The summed E-state index contributed by atoms with van der Waals surface area (Å²) >= 11 is 0. The van der Waals surface area contributed by atoms with Crippen LogP contribution in [0.25, 0.3) is 0 Å². The quantitative estimate of drug-likeness (QED) is 0.277. The van der Waals surface area contributed by atoms with E-state index in [9.17, 15) is 14.7 Å². The monoisotopic (exact) mass is 249 g/mol. The van der Waals surface area contributed by atoms with Gasteiger partial charge in [-0.15, -0.1) is 0 Å². The molecule has 0 aliphatic heterocycles. The topological polar surface area (TPSA) is 60.4 Å². The number of nitrogens with zero attached hydrogens (tertiary/aromatic N) is 1. The summed E-state index contributed by atoms with van der Waals surface area (Å²) in [7, 11) is 1.58. The maximum Gasteiger partial charge on any atom is 1.00 e. The zero-order valence-electron chi connectivity index (χ0n) is 11.1. The first kappa shape index (κ1) is 19.0. The van der Waals surface area contributed by atoms with Gasteiger partial charge in [0.1, 0.15) is 0 Å². The molecule has 0 N–H and O–H groups in total. The van der Waals surface area contributed by atoms with Gasteiger partial charge in [-0.2, -0.15) is 0 Å². The molecule has 0 aliphatic rings. The Labute approximate surface area is 125 Å². The molecule has 0 fully saturated rings. The fourth-order valence-electron chi connectivity index (χ4n) is 1.19. The molecular formula is C12H20NNaO3. The van der Waals surface area contributed by atoms with Crippen molar-refractivity contribution >= 4 is 11.9 Å². The van der Waals surface area contributed by atoms with Gasteiger partial charge in [0.25, 0.3) is 0 Å². The van der Waals surface area contributed by atoms with Crippen LogP contribution >= 0.6 is 0 Å². The summed E-state index contributed by atoms with van der Waals surface area (Å²) in [6.45, 7) is 2.32. The minimum absolute atomic E-state index is 0. The van der Waals surface area contributed by atoms with Crippen molar-refractivity contribution in [1.82, 2.24) is 4.90 Å². The van der Waals surface area contributed by atoms with Crippen LogP contribution in [-0.2, 0) is 9.59 Å². The minimum Gasteiger partial charge on any atom is -0.550 e.